The Bertz CT molecular complexity index is 279. The van der Waals surface area contributed by atoms with Gasteiger partial charge in [-0.1, -0.05) is 13.8 Å². The average molecular weight is 192 g/mol. The first-order chi connectivity index (χ1) is 6.59. The molecule has 0 aliphatic heterocycles. The quantitative estimate of drug-likeness (QED) is 0.576. The molecule has 0 aromatic carbocycles. The standard InChI is InChI=1S/C13H20O/c1-13(2)9-5-8-3-4-10(14)7-11(8)12(13)6-9/h8-9,11-12H,3-7H2,1-2H3/t8-,9+,11+,12+/m1/s1. The van der Waals surface area contributed by atoms with Crippen molar-refractivity contribution in [1.29, 1.82) is 0 Å². The normalized spacial score (nSPS) is 49.4. The van der Waals surface area contributed by atoms with Crippen LogP contribution in [-0.2, 0) is 4.79 Å². The van der Waals surface area contributed by atoms with Gasteiger partial charge in [-0.3, -0.25) is 4.79 Å². The van der Waals surface area contributed by atoms with Crippen molar-refractivity contribution in [2.24, 2.45) is 29.1 Å². The van der Waals surface area contributed by atoms with E-state index in [-0.39, 0.29) is 0 Å². The second-order valence-corrected chi connectivity index (χ2v) is 6.30. The van der Waals surface area contributed by atoms with Crippen LogP contribution in [0.4, 0.5) is 0 Å². The molecule has 0 aromatic rings. The van der Waals surface area contributed by atoms with Gasteiger partial charge >= 0.3 is 0 Å². The number of hydrogen-bond donors (Lipinski definition) is 0. The van der Waals surface area contributed by atoms with E-state index in [9.17, 15) is 4.79 Å². The summed E-state index contributed by atoms with van der Waals surface area (Å²) >= 11 is 0. The van der Waals surface area contributed by atoms with Crippen LogP contribution in [0.2, 0.25) is 0 Å². The number of carbonyl (C=O) groups is 1. The highest BCUT2D eigenvalue weighted by atomic mass is 16.1. The summed E-state index contributed by atoms with van der Waals surface area (Å²) in [5.41, 5.74) is 0.554. The first kappa shape index (κ1) is 8.94. The number of Topliss-reactive ketones (excluding diaryl/α,β-unsaturated/α-hetero) is 1. The van der Waals surface area contributed by atoms with Crippen molar-refractivity contribution in [1.82, 2.24) is 0 Å². The maximum absolute atomic E-state index is 11.5. The van der Waals surface area contributed by atoms with E-state index in [1.54, 1.807) is 0 Å². The summed E-state index contributed by atoms with van der Waals surface area (Å²) in [4.78, 5) is 11.5. The molecule has 0 amide bonds. The number of hydrogen-bond acceptors (Lipinski definition) is 1. The maximum atomic E-state index is 11.5. The Hall–Kier alpha value is -0.330. The van der Waals surface area contributed by atoms with Gasteiger partial charge in [0.2, 0.25) is 0 Å². The van der Waals surface area contributed by atoms with Gasteiger partial charge in [0.15, 0.2) is 0 Å². The van der Waals surface area contributed by atoms with Crippen molar-refractivity contribution in [3.05, 3.63) is 0 Å². The molecule has 0 spiro atoms. The zero-order chi connectivity index (χ0) is 9.92. The Morgan fingerprint density at radius 3 is 2.79 bits per heavy atom. The lowest BCUT2D eigenvalue weighted by Gasteiger charge is -2.63. The average Bonchev–Trinajstić information content (AvgIpc) is 2.16. The van der Waals surface area contributed by atoms with Crippen LogP contribution < -0.4 is 0 Å². The number of carbonyl (C=O) groups excluding carboxylic acids is 1. The topological polar surface area (TPSA) is 17.1 Å². The van der Waals surface area contributed by atoms with Crippen molar-refractivity contribution in [2.45, 2.75) is 46.0 Å². The monoisotopic (exact) mass is 192 g/mol. The predicted octanol–water partition coefficient (Wildman–Crippen LogP) is 3.04. The van der Waals surface area contributed by atoms with Gasteiger partial charge in [0.25, 0.3) is 0 Å². The first-order valence-corrected chi connectivity index (χ1v) is 6.10. The van der Waals surface area contributed by atoms with Gasteiger partial charge in [-0.05, 0) is 48.3 Å². The van der Waals surface area contributed by atoms with Crippen LogP contribution in [0, 0.1) is 29.1 Å². The second kappa shape index (κ2) is 2.62. The van der Waals surface area contributed by atoms with E-state index in [1.807, 2.05) is 0 Å². The molecule has 4 fully saturated rings. The molecule has 78 valence electrons. The van der Waals surface area contributed by atoms with E-state index in [2.05, 4.69) is 13.8 Å². The molecule has 0 radical (unpaired) electrons. The molecule has 0 heterocycles. The molecule has 4 saturated carbocycles. The molecule has 0 unspecified atom stereocenters. The second-order valence-electron chi connectivity index (χ2n) is 6.30. The van der Waals surface area contributed by atoms with E-state index in [4.69, 9.17) is 0 Å². The molecule has 4 aliphatic carbocycles. The minimum absolute atomic E-state index is 0.535. The van der Waals surface area contributed by atoms with Crippen molar-refractivity contribution in [3.63, 3.8) is 0 Å². The van der Waals surface area contributed by atoms with Crippen LogP contribution in [0.1, 0.15) is 46.0 Å². The van der Waals surface area contributed by atoms with Gasteiger partial charge in [0, 0.05) is 12.8 Å². The molecule has 0 aromatic heterocycles. The molecular formula is C13H20O. The molecule has 1 heteroatoms. The summed E-state index contributed by atoms with van der Waals surface area (Å²) in [6.45, 7) is 4.84. The van der Waals surface area contributed by atoms with Crippen LogP contribution >= 0.6 is 0 Å². The highest BCUT2D eigenvalue weighted by Gasteiger charge is 2.58. The van der Waals surface area contributed by atoms with E-state index in [0.717, 1.165) is 36.5 Å². The zero-order valence-corrected chi connectivity index (χ0v) is 9.25. The Morgan fingerprint density at radius 2 is 2.07 bits per heavy atom. The van der Waals surface area contributed by atoms with Crippen LogP contribution in [-0.4, -0.2) is 5.78 Å². The van der Waals surface area contributed by atoms with Crippen molar-refractivity contribution in [3.8, 4) is 0 Å². The van der Waals surface area contributed by atoms with Crippen molar-refractivity contribution in [2.75, 3.05) is 0 Å². The Kier molecular flexibility index (Phi) is 1.67. The largest absolute Gasteiger partial charge is 0.300 e. The lowest BCUT2D eigenvalue weighted by atomic mass is 9.41. The van der Waals surface area contributed by atoms with Gasteiger partial charge in [-0.15, -0.1) is 0 Å². The molecule has 2 bridgehead atoms. The zero-order valence-electron chi connectivity index (χ0n) is 9.25. The molecule has 14 heavy (non-hydrogen) atoms. The van der Waals surface area contributed by atoms with Crippen LogP contribution in [0.3, 0.4) is 0 Å². The summed E-state index contributed by atoms with van der Waals surface area (Å²) in [6, 6.07) is 0. The minimum atomic E-state index is 0.535. The van der Waals surface area contributed by atoms with E-state index < -0.39 is 0 Å². The molecule has 1 nitrogen and oxygen atoms in total. The first-order valence-electron chi connectivity index (χ1n) is 6.10. The predicted molar refractivity (Wildman–Crippen MR) is 55.8 cm³/mol. The summed E-state index contributed by atoms with van der Waals surface area (Å²) < 4.78 is 0. The molecule has 4 atom stereocenters. The third kappa shape index (κ3) is 0.988. The van der Waals surface area contributed by atoms with Crippen molar-refractivity contribution < 1.29 is 4.79 Å². The number of ketones is 1. The highest BCUT2D eigenvalue weighted by Crippen LogP contribution is 2.65. The summed E-state index contributed by atoms with van der Waals surface area (Å²) in [5, 5.41) is 0. The maximum Gasteiger partial charge on any atom is 0.133 e. The van der Waals surface area contributed by atoms with Gasteiger partial charge in [-0.25, -0.2) is 0 Å². The van der Waals surface area contributed by atoms with Crippen LogP contribution in [0.25, 0.3) is 0 Å². The number of rotatable bonds is 0. The van der Waals surface area contributed by atoms with Gasteiger partial charge in [0.05, 0.1) is 0 Å². The molecule has 0 N–H and O–H groups in total. The molecule has 0 saturated heterocycles. The van der Waals surface area contributed by atoms with Gasteiger partial charge < -0.3 is 0 Å². The van der Waals surface area contributed by atoms with Crippen molar-refractivity contribution >= 4 is 5.78 Å². The van der Waals surface area contributed by atoms with Gasteiger partial charge in [-0.2, -0.15) is 0 Å². The Morgan fingerprint density at radius 1 is 1.29 bits per heavy atom. The molecule has 4 rings (SSSR count). The lowest BCUT2D eigenvalue weighted by Crippen LogP contribution is -2.56. The highest BCUT2D eigenvalue weighted by molar-refractivity contribution is 5.79. The fourth-order valence-electron chi connectivity index (χ4n) is 4.40. The minimum Gasteiger partial charge on any atom is -0.300 e. The summed E-state index contributed by atoms with van der Waals surface area (Å²) in [7, 11) is 0. The smallest absolute Gasteiger partial charge is 0.133 e. The Labute approximate surface area is 86.3 Å². The molecule has 4 aliphatic rings. The third-order valence-electron chi connectivity index (χ3n) is 5.51. The fourth-order valence-corrected chi connectivity index (χ4v) is 4.40. The SMILES string of the molecule is CC1(C)[C@H]2C[C@H]3CCC(=O)C[C@@H]3[C@@H]1C2. The van der Waals surface area contributed by atoms with E-state index in [0.29, 0.717) is 11.2 Å². The Balaban J connectivity index is 1.84. The van der Waals surface area contributed by atoms with E-state index >= 15 is 0 Å². The third-order valence-corrected chi connectivity index (χ3v) is 5.51. The summed E-state index contributed by atoms with van der Waals surface area (Å²) in [6.07, 6.45) is 5.82. The van der Waals surface area contributed by atoms with Gasteiger partial charge in [0.1, 0.15) is 5.78 Å². The fraction of sp³-hybridized carbons (Fsp3) is 0.923. The van der Waals surface area contributed by atoms with Crippen LogP contribution in [0.5, 0.6) is 0 Å². The lowest BCUT2D eigenvalue weighted by molar-refractivity contribution is -0.155. The summed E-state index contributed by atoms with van der Waals surface area (Å²) in [5.74, 6) is 4.05. The molecular weight excluding hydrogens is 172 g/mol. The van der Waals surface area contributed by atoms with Crippen LogP contribution in [0.15, 0.2) is 0 Å². The van der Waals surface area contributed by atoms with E-state index in [1.165, 1.54) is 19.3 Å².